The van der Waals surface area contributed by atoms with Gasteiger partial charge in [0.05, 0.1) is 11.0 Å². The number of aryl methyl sites for hydroxylation is 1. The monoisotopic (exact) mass is 314 g/mol. The predicted octanol–water partition coefficient (Wildman–Crippen LogP) is 5.12. The number of aromatic amines is 1. The average molecular weight is 314 g/mol. The minimum atomic E-state index is 0.574. The molecule has 1 heterocycles. The van der Waals surface area contributed by atoms with Gasteiger partial charge in [-0.2, -0.15) is 0 Å². The van der Waals surface area contributed by atoms with Crippen LogP contribution in [-0.4, -0.2) is 9.97 Å². The number of hydrogen-bond acceptors (Lipinski definition) is 2. The maximum atomic E-state index is 5.85. The summed E-state index contributed by atoms with van der Waals surface area (Å²) in [5.41, 5.74) is 5.50. The van der Waals surface area contributed by atoms with Gasteiger partial charge in [-0.25, -0.2) is 4.98 Å². The van der Waals surface area contributed by atoms with Gasteiger partial charge in [0.1, 0.15) is 18.2 Å². The Labute approximate surface area is 140 Å². The van der Waals surface area contributed by atoms with Crippen molar-refractivity contribution in [3.8, 4) is 17.1 Å². The van der Waals surface area contributed by atoms with Crippen LogP contribution in [0.4, 0.5) is 0 Å². The molecule has 0 aliphatic rings. The maximum absolute atomic E-state index is 5.85. The molecule has 0 atom stereocenters. The Balaban J connectivity index is 1.48. The van der Waals surface area contributed by atoms with Crippen LogP contribution in [-0.2, 0) is 6.61 Å². The molecule has 1 N–H and O–H groups in total. The van der Waals surface area contributed by atoms with Gasteiger partial charge in [-0.1, -0.05) is 42.0 Å². The highest BCUT2D eigenvalue weighted by molar-refractivity contribution is 5.79. The Morgan fingerprint density at radius 2 is 1.62 bits per heavy atom. The number of ether oxygens (including phenoxy) is 1. The molecule has 0 saturated heterocycles. The summed E-state index contributed by atoms with van der Waals surface area (Å²) in [6.07, 6.45) is 0. The van der Waals surface area contributed by atoms with Crippen molar-refractivity contribution >= 4 is 11.0 Å². The second kappa shape index (κ2) is 6.20. The standard InChI is InChI=1S/C21H18N2O/c1-15-6-8-16(9-7-15)14-24-18-12-10-17(11-13-18)21-22-19-4-2-3-5-20(19)23-21/h2-13H,14H2,1H3,(H,22,23). The molecule has 0 spiro atoms. The zero-order valence-corrected chi connectivity index (χ0v) is 13.5. The summed E-state index contributed by atoms with van der Waals surface area (Å²) in [5.74, 6) is 1.73. The molecule has 4 aromatic rings. The van der Waals surface area contributed by atoms with E-state index in [4.69, 9.17) is 4.74 Å². The molecule has 0 amide bonds. The summed E-state index contributed by atoms with van der Waals surface area (Å²) in [6.45, 7) is 2.66. The van der Waals surface area contributed by atoms with Crippen LogP contribution in [0.2, 0.25) is 0 Å². The highest BCUT2D eigenvalue weighted by atomic mass is 16.5. The molecule has 24 heavy (non-hydrogen) atoms. The Morgan fingerprint density at radius 1 is 0.875 bits per heavy atom. The van der Waals surface area contributed by atoms with Crippen molar-refractivity contribution < 1.29 is 4.74 Å². The molecule has 0 saturated carbocycles. The fraction of sp³-hybridized carbons (Fsp3) is 0.0952. The SMILES string of the molecule is Cc1ccc(COc2ccc(-c3nc4ccccc4[nH]3)cc2)cc1. The van der Waals surface area contributed by atoms with E-state index in [0.717, 1.165) is 28.2 Å². The average Bonchev–Trinajstić information content (AvgIpc) is 3.06. The first kappa shape index (κ1) is 14.5. The van der Waals surface area contributed by atoms with E-state index in [1.54, 1.807) is 0 Å². The summed E-state index contributed by atoms with van der Waals surface area (Å²) in [5, 5.41) is 0. The number of hydrogen-bond donors (Lipinski definition) is 1. The number of fused-ring (bicyclic) bond motifs is 1. The van der Waals surface area contributed by atoms with Crippen LogP contribution in [0, 0.1) is 6.92 Å². The number of rotatable bonds is 4. The van der Waals surface area contributed by atoms with Crippen molar-refractivity contribution in [2.45, 2.75) is 13.5 Å². The van der Waals surface area contributed by atoms with Crippen molar-refractivity contribution in [1.29, 1.82) is 0 Å². The van der Waals surface area contributed by atoms with E-state index in [0.29, 0.717) is 6.61 Å². The maximum Gasteiger partial charge on any atom is 0.138 e. The number of nitrogens with zero attached hydrogens (tertiary/aromatic N) is 1. The molecule has 118 valence electrons. The fourth-order valence-corrected chi connectivity index (χ4v) is 2.65. The molecule has 3 aromatic carbocycles. The van der Waals surface area contributed by atoms with Gasteiger partial charge in [0, 0.05) is 5.56 Å². The number of para-hydroxylation sites is 2. The lowest BCUT2D eigenvalue weighted by atomic mass is 10.2. The molecule has 0 fully saturated rings. The lowest BCUT2D eigenvalue weighted by Gasteiger charge is -2.07. The highest BCUT2D eigenvalue weighted by Gasteiger charge is 2.05. The van der Waals surface area contributed by atoms with E-state index < -0.39 is 0 Å². The molecule has 4 rings (SSSR count). The lowest BCUT2D eigenvalue weighted by Crippen LogP contribution is -1.95. The summed E-state index contributed by atoms with van der Waals surface area (Å²) >= 11 is 0. The Morgan fingerprint density at radius 3 is 2.38 bits per heavy atom. The van der Waals surface area contributed by atoms with E-state index in [2.05, 4.69) is 41.2 Å². The minimum absolute atomic E-state index is 0.574. The van der Waals surface area contributed by atoms with E-state index in [-0.39, 0.29) is 0 Å². The van der Waals surface area contributed by atoms with Crippen LogP contribution in [0.15, 0.2) is 72.8 Å². The molecule has 3 nitrogen and oxygen atoms in total. The number of H-pyrrole nitrogens is 1. The summed E-state index contributed by atoms with van der Waals surface area (Å²) in [6, 6.07) is 24.5. The van der Waals surface area contributed by atoms with Gasteiger partial charge in [0.2, 0.25) is 0 Å². The van der Waals surface area contributed by atoms with E-state index >= 15 is 0 Å². The first-order chi connectivity index (χ1) is 11.8. The van der Waals surface area contributed by atoms with Crippen LogP contribution in [0.5, 0.6) is 5.75 Å². The lowest BCUT2D eigenvalue weighted by molar-refractivity contribution is 0.306. The highest BCUT2D eigenvalue weighted by Crippen LogP contribution is 2.23. The van der Waals surface area contributed by atoms with Gasteiger partial charge in [0.15, 0.2) is 0 Å². The molecule has 1 aromatic heterocycles. The third kappa shape index (κ3) is 3.01. The molecule has 0 aliphatic heterocycles. The molecule has 0 aliphatic carbocycles. The van der Waals surface area contributed by atoms with Gasteiger partial charge >= 0.3 is 0 Å². The second-order valence-corrected chi connectivity index (χ2v) is 5.90. The zero-order chi connectivity index (χ0) is 16.4. The zero-order valence-electron chi connectivity index (χ0n) is 13.5. The van der Waals surface area contributed by atoms with Crippen LogP contribution in [0.25, 0.3) is 22.4 Å². The fourth-order valence-electron chi connectivity index (χ4n) is 2.65. The van der Waals surface area contributed by atoms with Crippen molar-refractivity contribution in [3.05, 3.63) is 83.9 Å². The Hall–Kier alpha value is -3.07. The number of benzene rings is 3. The van der Waals surface area contributed by atoms with Gasteiger partial charge in [-0.15, -0.1) is 0 Å². The van der Waals surface area contributed by atoms with Crippen LogP contribution in [0.1, 0.15) is 11.1 Å². The van der Waals surface area contributed by atoms with Crippen LogP contribution < -0.4 is 4.74 Å². The molecule has 0 unspecified atom stereocenters. The van der Waals surface area contributed by atoms with E-state index in [1.165, 1.54) is 11.1 Å². The minimum Gasteiger partial charge on any atom is -0.489 e. The van der Waals surface area contributed by atoms with Crippen LogP contribution >= 0.6 is 0 Å². The molecular weight excluding hydrogens is 296 g/mol. The molecule has 3 heteroatoms. The number of aromatic nitrogens is 2. The van der Waals surface area contributed by atoms with E-state index in [1.807, 2.05) is 48.5 Å². The summed E-state index contributed by atoms with van der Waals surface area (Å²) in [7, 11) is 0. The topological polar surface area (TPSA) is 37.9 Å². The van der Waals surface area contributed by atoms with E-state index in [9.17, 15) is 0 Å². The number of imidazole rings is 1. The summed E-state index contributed by atoms with van der Waals surface area (Å²) in [4.78, 5) is 7.96. The third-order valence-electron chi connectivity index (χ3n) is 4.04. The second-order valence-electron chi connectivity index (χ2n) is 5.90. The van der Waals surface area contributed by atoms with Crippen molar-refractivity contribution in [1.82, 2.24) is 9.97 Å². The van der Waals surface area contributed by atoms with Gasteiger partial charge in [-0.3, -0.25) is 0 Å². The molecular formula is C21H18N2O. The normalized spacial score (nSPS) is 10.9. The third-order valence-corrected chi connectivity index (χ3v) is 4.04. The first-order valence-corrected chi connectivity index (χ1v) is 8.01. The quantitative estimate of drug-likeness (QED) is 0.568. The van der Waals surface area contributed by atoms with Gasteiger partial charge in [0.25, 0.3) is 0 Å². The number of nitrogens with one attached hydrogen (secondary N) is 1. The Bertz CT molecular complexity index is 920. The smallest absolute Gasteiger partial charge is 0.138 e. The van der Waals surface area contributed by atoms with Crippen LogP contribution in [0.3, 0.4) is 0 Å². The van der Waals surface area contributed by atoms with Gasteiger partial charge < -0.3 is 9.72 Å². The summed E-state index contributed by atoms with van der Waals surface area (Å²) < 4.78 is 5.85. The molecule has 0 radical (unpaired) electrons. The van der Waals surface area contributed by atoms with Crippen molar-refractivity contribution in [2.75, 3.05) is 0 Å². The first-order valence-electron chi connectivity index (χ1n) is 8.01. The Kier molecular flexibility index (Phi) is 3.75. The predicted molar refractivity (Wildman–Crippen MR) is 97.0 cm³/mol. The van der Waals surface area contributed by atoms with Crippen molar-refractivity contribution in [3.63, 3.8) is 0 Å². The largest absolute Gasteiger partial charge is 0.489 e. The van der Waals surface area contributed by atoms with Crippen molar-refractivity contribution in [2.24, 2.45) is 0 Å². The van der Waals surface area contributed by atoms with Gasteiger partial charge in [-0.05, 0) is 48.9 Å². The molecule has 0 bridgehead atoms.